The fourth-order valence-electron chi connectivity index (χ4n) is 1.32. The second-order valence-corrected chi connectivity index (χ2v) is 4.02. The Morgan fingerprint density at radius 3 is 2.53 bits per heavy atom. The molecule has 0 bridgehead atoms. The van der Waals surface area contributed by atoms with Crippen LogP contribution < -0.4 is 10.5 Å². The second kappa shape index (κ2) is 6.06. The van der Waals surface area contributed by atoms with E-state index in [-0.39, 0.29) is 6.42 Å². The Bertz CT molecular complexity index is 398. The molecule has 1 atom stereocenters. The zero-order chi connectivity index (χ0) is 12.8. The van der Waals surface area contributed by atoms with Gasteiger partial charge in [-0.2, -0.15) is 0 Å². The molecule has 0 radical (unpaired) electrons. The smallest absolute Gasteiger partial charge is 0.305 e. The quantitative estimate of drug-likeness (QED) is 0.741. The zero-order valence-electron chi connectivity index (χ0n) is 9.85. The van der Waals surface area contributed by atoms with E-state index < -0.39 is 12.0 Å². The molecule has 0 heterocycles. The van der Waals surface area contributed by atoms with Crippen molar-refractivity contribution in [3.05, 3.63) is 42.0 Å². The van der Waals surface area contributed by atoms with E-state index in [0.29, 0.717) is 6.61 Å². The molecule has 92 valence electrons. The van der Waals surface area contributed by atoms with Gasteiger partial charge in [-0.25, -0.2) is 0 Å². The number of hydrogen-bond acceptors (Lipinski definition) is 3. The van der Waals surface area contributed by atoms with E-state index in [1.807, 2.05) is 6.92 Å². The van der Waals surface area contributed by atoms with Crippen LogP contribution in [0.25, 0.3) is 0 Å². The minimum Gasteiger partial charge on any atom is -0.489 e. The van der Waals surface area contributed by atoms with Gasteiger partial charge in [-0.15, -0.1) is 0 Å². The van der Waals surface area contributed by atoms with Gasteiger partial charge in [-0.1, -0.05) is 18.7 Å². The Morgan fingerprint density at radius 2 is 2.06 bits per heavy atom. The standard InChI is InChI=1S/C13H17NO3/c1-9(2)8-17-11-5-3-10(4-6-11)12(14)7-13(15)16/h3-6,12H,1,7-8,14H2,2H3,(H,15,16). The molecule has 4 heteroatoms. The number of benzene rings is 1. The highest BCUT2D eigenvalue weighted by molar-refractivity contribution is 5.67. The predicted molar refractivity (Wildman–Crippen MR) is 65.9 cm³/mol. The van der Waals surface area contributed by atoms with E-state index in [1.54, 1.807) is 24.3 Å². The third kappa shape index (κ3) is 4.70. The van der Waals surface area contributed by atoms with E-state index in [0.717, 1.165) is 16.9 Å². The Hall–Kier alpha value is -1.81. The number of aliphatic carboxylic acids is 1. The fourth-order valence-corrected chi connectivity index (χ4v) is 1.32. The number of ether oxygens (including phenoxy) is 1. The maximum Gasteiger partial charge on any atom is 0.305 e. The maximum atomic E-state index is 10.5. The first kappa shape index (κ1) is 13.3. The Balaban J connectivity index is 2.60. The summed E-state index contributed by atoms with van der Waals surface area (Å²) < 4.78 is 5.43. The summed E-state index contributed by atoms with van der Waals surface area (Å²) >= 11 is 0. The number of carboxylic acid groups (broad SMARTS) is 1. The van der Waals surface area contributed by atoms with Crippen LogP contribution in [0.3, 0.4) is 0 Å². The minimum atomic E-state index is -0.903. The molecule has 0 amide bonds. The summed E-state index contributed by atoms with van der Waals surface area (Å²) in [5.74, 6) is -0.181. The van der Waals surface area contributed by atoms with Crippen molar-refractivity contribution in [1.29, 1.82) is 0 Å². The number of nitrogens with two attached hydrogens (primary N) is 1. The van der Waals surface area contributed by atoms with Crippen molar-refractivity contribution in [2.75, 3.05) is 6.61 Å². The molecular weight excluding hydrogens is 218 g/mol. The van der Waals surface area contributed by atoms with Gasteiger partial charge in [0.25, 0.3) is 0 Å². The summed E-state index contributed by atoms with van der Waals surface area (Å²) in [5, 5.41) is 8.63. The predicted octanol–water partition coefficient (Wildman–Crippen LogP) is 2.12. The minimum absolute atomic E-state index is 0.0774. The van der Waals surface area contributed by atoms with Crippen molar-refractivity contribution in [3.63, 3.8) is 0 Å². The number of carbonyl (C=O) groups is 1. The van der Waals surface area contributed by atoms with Gasteiger partial charge in [0.2, 0.25) is 0 Å². The molecule has 0 saturated carbocycles. The summed E-state index contributed by atoms with van der Waals surface area (Å²) in [6.45, 7) is 6.10. The van der Waals surface area contributed by atoms with E-state index in [2.05, 4.69) is 6.58 Å². The van der Waals surface area contributed by atoms with Gasteiger partial charge in [-0.3, -0.25) is 4.79 Å². The molecule has 0 aliphatic carbocycles. The fraction of sp³-hybridized carbons (Fsp3) is 0.308. The lowest BCUT2D eigenvalue weighted by Crippen LogP contribution is -2.14. The molecule has 0 aromatic heterocycles. The molecule has 0 saturated heterocycles. The summed E-state index contributed by atoms with van der Waals surface area (Å²) in [5.41, 5.74) is 7.46. The van der Waals surface area contributed by atoms with Crippen LogP contribution in [-0.2, 0) is 4.79 Å². The van der Waals surface area contributed by atoms with Crippen LogP contribution in [-0.4, -0.2) is 17.7 Å². The first-order valence-electron chi connectivity index (χ1n) is 5.33. The van der Waals surface area contributed by atoms with Gasteiger partial charge >= 0.3 is 5.97 Å². The van der Waals surface area contributed by atoms with Crippen LogP contribution in [0.4, 0.5) is 0 Å². The number of carboxylic acids is 1. The average Bonchev–Trinajstić information content (AvgIpc) is 2.26. The van der Waals surface area contributed by atoms with Crippen LogP contribution >= 0.6 is 0 Å². The summed E-state index contributed by atoms with van der Waals surface area (Å²) in [6, 6.07) is 6.63. The van der Waals surface area contributed by atoms with Crippen LogP contribution in [0, 0.1) is 0 Å². The highest BCUT2D eigenvalue weighted by Crippen LogP contribution is 2.18. The summed E-state index contributed by atoms with van der Waals surface area (Å²) in [7, 11) is 0. The summed E-state index contributed by atoms with van der Waals surface area (Å²) in [6.07, 6.45) is -0.0774. The Labute approximate surface area is 101 Å². The lowest BCUT2D eigenvalue weighted by Gasteiger charge is -2.11. The molecule has 0 spiro atoms. The molecule has 3 N–H and O–H groups in total. The molecular formula is C13H17NO3. The van der Waals surface area contributed by atoms with Gasteiger partial charge in [0.15, 0.2) is 0 Å². The molecule has 1 rings (SSSR count). The van der Waals surface area contributed by atoms with E-state index in [1.165, 1.54) is 0 Å². The topological polar surface area (TPSA) is 72.5 Å². The van der Waals surface area contributed by atoms with Crippen molar-refractivity contribution < 1.29 is 14.6 Å². The average molecular weight is 235 g/mol. The highest BCUT2D eigenvalue weighted by Gasteiger charge is 2.10. The van der Waals surface area contributed by atoms with Gasteiger partial charge in [0.1, 0.15) is 12.4 Å². The van der Waals surface area contributed by atoms with Crippen LogP contribution in [0.2, 0.25) is 0 Å². The van der Waals surface area contributed by atoms with Gasteiger partial charge in [-0.05, 0) is 30.2 Å². The molecule has 1 aromatic rings. The summed E-state index contributed by atoms with van der Waals surface area (Å²) in [4.78, 5) is 10.5. The molecule has 0 aliphatic heterocycles. The largest absolute Gasteiger partial charge is 0.489 e. The van der Waals surface area contributed by atoms with E-state index >= 15 is 0 Å². The van der Waals surface area contributed by atoms with Crippen molar-refractivity contribution in [2.45, 2.75) is 19.4 Å². The zero-order valence-corrected chi connectivity index (χ0v) is 9.85. The molecule has 0 fully saturated rings. The molecule has 4 nitrogen and oxygen atoms in total. The van der Waals surface area contributed by atoms with Gasteiger partial charge in [0.05, 0.1) is 6.42 Å². The SMILES string of the molecule is C=C(C)COc1ccc(C(N)CC(=O)O)cc1. The maximum absolute atomic E-state index is 10.5. The molecule has 1 unspecified atom stereocenters. The van der Waals surface area contributed by atoms with E-state index in [9.17, 15) is 4.79 Å². The van der Waals surface area contributed by atoms with Crippen molar-refractivity contribution in [2.24, 2.45) is 5.73 Å². The van der Waals surface area contributed by atoms with E-state index in [4.69, 9.17) is 15.6 Å². The number of rotatable bonds is 6. The second-order valence-electron chi connectivity index (χ2n) is 4.02. The third-order valence-corrected chi connectivity index (χ3v) is 2.19. The first-order valence-corrected chi connectivity index (χ1v) is 5.33. The van der Waals surface area contributed by atoms with Crippen molar-refractivity contribution in [3.8, 4) is 5.75 Å². The molecule has 1 aromatic carbocycles. The first-order chi connectivity index (χ1) is 7.99. The molecule has 17 heavy (non-hydrogen) atoms. The number of hydrogen-bond donors (Lipinski definition) is 2. The highest BCUT2D eigenvalue weighted by atomic mass is 16.5. The molecule has 0 aliphatic rings. The lowest BCUT2D eigenvalue weighted by atomic mass is 10.0. The monoisotopic (exact) mass is 235 g/mol. The normalized spacial score (nSPS) is 11.9. The lowest BCUT2D eigenvalue weighted by molar-refractivity contribution is -0.137. The van der Waals surface area contributed by atoms with Crippen LogP contribution in [0.5, 0.6) is 5.75 Å². The Kier molecular flexibility index (Phi) is 4.72. The Morgan fingerprint density at radius 1 is 1.47 bits per heavy atom. The van der Waals surface area contributed by atoms with Gasteiger partial charge in [0, 0.05) is 6.04 Å². The van der Waals surface area contributed by atoms with Crippen LogP contribution in [0.1, 0.15) is 24.9 Å². The van der Waals surface area contributed by atoms with Crippen LogP contribution in [0.15, 0.2) is 36.4 Å². The van der Waals surface area contributed by atoms with Crippen molar-refractivity contribution in [1.82, 2.24) is 0 Å². The van der Waals surface area contributed by atoms with Gasteiger partial charge < -0.3 is 15.6 Å². The third-order valence-electron chi connectivity index (χ3n) is 2.19. The van der Waals surface area contributed by atoms with Crippen molar-refractivity contribution >= 4 is 5.97 Å².